The van der Waals surface area contributed by atoms with Crippen molar-refractivity contribution in [3.8, 4) is 0 Å². The van der Waals surface area contributed by atoms with Crippen molar-refractivity contribution >= 4 is 11.6 Å². The minimum atomic E-state index is -0.236. The lowest BCUT2D eigenvalue weighted by Gasteiger charge is -2.13. The maximum atomic E-state index is 13.6. The highest BCUT2D eigenvalue weighted by molar-refractivity contribution is 5.47. The molecule has 102 valence electrons. The van der Waals surface area contributed by atoms with Gasteiger partial charge in [0.05, 0.1) is 24.1 Å². The van der Waals surface area contributed by atoms with Gasteiger partial charge >= 0.3 is 0 Å². The summed E-state index contributed by atoms with van der Waals surface area (Å²) in [6, 6.07) is 5.04. The molecule has 19 heavy (non-hydrogen) atoms. The number of hydrogen-bond acceptors (Lipinski definition) is 3. The van der Waals surface area contributed by atoms with E-state index in [9.17, 15) is 4.39 Å². The third-order valence-corrected chi connectivity index (χ3v) is 3.04. The Balaban J connectivity index is 2.12. The first-order valence-electron chi connectivity index (χ1n) is 6.17. The quantitative estimate of drug-likeness (QED) is 0.919. The zero-order chi connectivity index (χ0) is 14.0. The van der Waals surface area contributed by atoms with Crippen LogP contribution in [0.5, 0.6) is 0 Å². The van der Waals surface area contributed by atoms with Gasteiger partial charge in [0, 0.05) is 21.1 Å². The van der Waals surface area contributed by atoms with Crippen molar-refractivity contribution in [2.75, 3.05) is 24.3 Å². The molecule has 2 aromatic rings. The number of nitrogens with one attached hydrogen (secondary N) is 1. The van der Waals surface area contributed by atoms with Crippen LogP contribution in [0.3, 0.4) is 0 Å². The summed E-state index contributed by atoms with van der Waals surface area (Å²) in [6.45, 7) is 2.48. The Morgan fingerprint density at radius 3 is 2.74 bits per heavy atom. The van der Waals surface area contributed by atoms with Gasteiger partial charge in [0.1, 0.15) is 5.82 Å². The van der Waals surface area contributed by atoms with Gasteiger partial charge in [-0.1, -0.05) is 6.07 Å². The summed E-state index contributed by atoms with van der Waals surface area (Å²) in [6.07, 6.45) is 1.80. The number of hydrogen-bond donors (Lipinski definition) is 1. The molecule has 0 radical (unpaired) electrons. The lowest BCUT2D eigenvalue weighted by molar-refractivity contribution is 0.629. The van der Waals surface area contributed by atoms with Crippen LogP contribution in [-0.2, 0) is 13.6 Å². The molecule has 0 aliphatic carbocycles. The highest BCUT2D eigenvalue weighted by atomic mass is 19.1. The first-order chi connectivity index (χ1) is 8.99. The molecular formula is C14H19FN4. The fourth-order valence-electron chi connectivity index (χ4n) is 1.97. The Hall–Kier alpha value is -2.04. The average molecular weight is 262 g/mol. The number of aryl methyl sites for hydroxylation is 1. The van der Waals surface area contributed by atoms with E-state index in [1.54, 1.807) is 18.3 Å². The van der Waals surface area contributed by atoms with E-state index in [0.29, 0.717) is 12.2 Å². The monoisotopic (exact) mass is 262 g/mol. The van der Waals surface area contributed by atoms with E-state index in [0.717, 1.165) is 17.2 Å². The van der Waals surface area contributed by atoms with Gasteiger partial charge in [-0.2, -0.15) is 0 Å². The van der Waals surface area contributed by atoms with Crippen molar-refractivity contribution in [2.24, 2.45) is 7.05 Å². The molecule has 0 atom stereocenters. The van der Waals surface area contributed by atoms with Crippen LogP contribution in [0.4, 0.5) is 16.0 Å². The zero-order valence-corrected chi connectivity index (χ0v) is 11.7. The lowest BCUT2D eigenvalue weighted by atomic mass is 10.2. The summed E-state index contributed by atoms with van der Waals surface area (Å²) in [5.74, 6) is 0.641. The van der Waals surface area contributed by atoms with Crippen molar-refractivity contribution in [1.82, 2.24) is 9.55 Å². The molecule has 0 fully saturated rings. The molecule has 1 aromatic heterocycles. The highest BCUT2D eigenvalue weighted by Crippen LogP contribution is 2.18. The molecular weight excluding hydrogens is 243 g/mol. The van der Waals surface area contributed by atoms with Gasteiger partial charge in [0.2, 0.25) is 5.95 Å². The van der Waals surface area contributed by atoms with Crippen LogP contribution in [0.1, 0.15) is 11.3 Å². The molecule has 1 N–H and O–H groups in total. The van der Waals surface area contributed by atoms with E-state index in [1.807, 2.05) is 37.5 Å². The summed E-state index contributed by atoms with van der Waals surface area (Å²) < 4.78 is 15.6. The molecule has 5 heteroatoms. The van der Waals surface area contributed by atoms with E-state index in [2.05, 4.69) is 10.3 Å². The second-order valence-corrected chi connectivity index (χ2v) is 4.84. The van der Waals surface area contributed by atoms with E-state index in [4.69, 9.17) is 0 Å². The third kappa shape index (κ3) is 2.86. The molecule has 1 aromatic carbocycles. The van der Waals surface area contributed by atoms with Gasteiger partial charge in [-0.25, -0.2) is 9.37 Å². The highest BCUT2D eigenvalue weighted by Gasteiger charge is 2.08. The molecule has 0 saturated carbocycles. The number of rotatable bonds is 4. The van der Waals surface area contributed by atoms with Crippen molar-refractivity contribution in [3.05, 3.63) is 41.5 Å². The number of aromatic nitrogens is 2. The first kappa shape index (κ1) is 13.4. The van der Waals surface area contributed by atoms with Crippen LogP contribution < -0.4 is 10.2 Å². The standard InChI is InChI=1S/C14H19FN4/c1-10-5-6-12(15)13(7-10)16-8-11-9-17-14(18(2)3)19(11)4/h5-7,9,16H,8H2,1-4H3. The molecule has 0 aliphatic heterocycles. The molecule has 2 rings (SSSR count). The second kappa shape index (κ2) is 5.30. The number of halogens is 1. The van der Waals surface area contributed by atoms with Gasteiger partial charge in [0.25, 0.3) is 0 Å². The van der Waals surface area contributed by atoms with Crippen LogP contribution in [-0.4, -0.2) is 23.6 Å². The summed E-state index contributed by atoms with van der Waals surface area (Å²) in [5, 5.41) is 3.11. The molecule has 0 bridgehead atoms. The minimum Gasteiger partial charge on any atom is -0.377 e. The maximum Gasteiger partial charge on any atom is 0.204 e. The number of imidazole rings is 1. The van der Waals surface area contributed by atoms with Crippen LogP contribution in [0, 0.1) is 12.7 Å². The topological polar surface area (TPSA) is 33.1 Å². The fraction of sp³-hybridized carbons (Fsp3) is 0.357. The normalized spacial score (nSPS) is 10.6. The SMILES string of the molecule is Cc1ccc(F)c(NCc2cnc(N(C)C)n2C)c1. The fourth-order valence-corrected chi connectivity index (χ4v) is 1.97. The Kier molecular flexibility index (Phi) is 3.74. The zero-order valence-electron chi connectivity index (χ0n) is 11.7. The van der Waals surface area contributed by atoms with Crippen LogP contribution >= 0.6 is 0 Å². The molecule has 0 spiro atoms. The van der Waals surface area contributed by atoms with E-state index in [1.165, 1.54) is 6.07 Å². The van der Waals surface area contributed by atoms with E-state index < -0.39 is 0 Å². The van der Waals surface area contributed by atoms with Crippen molar-refractivity contribution in [2.45, 2.75) is 13.5 Å². The summed E-state index contributed by atoms with van der Waals surface area (Å²) >= 11 is 0. The van der Waals surface area contributed by atoms with Gasteiger partial charge in [-0.15, -0.1) is 0 Å². The van der Waals surface area contributed by atoms with Crippen LogP contribution in [0.25, 0.3) is 0 Å². The van der Waals surface area contributed by atoms with E-state index in [-0.39, 0.29) is 5.82 Å². The van der Waals surface area contributed by atoms with Gasteiger partial charge < -0.3 is 14.8 Å². The molecule has 1 heterocycles. The largest absolute Gasteiger partial charge is 0.377 e. The molecule has 0 unspecified atom stereocenters. The Morgan fingerprint density at radius 1 is 1.37 bits per heavy atom. The minimum absolute atomic E-state index is 0.236. The van der Waals surface area contributed by atoms with Crippen LogP contribution in [0.15, 0.2) is 24.4 Å². The summed E-state index contributed by atoms with van der Waals surface area (Å²) in [4.78, 5) is 6.26. The Labute approximate surface area is 112 Å². The second-order valence-electron chi connectivity index (χ2n) is 4.84. The molecule has 0 aliphatic rings. The van der Waals surface area contributed by atoms with Gasteiger partial charge in [-0.3, -0.25) is 0 Å². The molecule has 0 amide bonds. The third-order valence-electron chi connectivity index (χ3n) is 3.04. The number of nitrogens with zero attached hydrogens (tertiary/aromatic N) is 3. The summed E-state index contributed by atoms with van der Waals surface area (Å²) in [7, 11) is 5.84. The Morgan fingerprint density at radius 2 is 2.11 bits per heavy atom. The van der Waals surface area contributed by atoms with Gasteiger partial charge in [0.15, 0.2) is 0 Å². The van der Waals surface area contributed by atoms with Crippen molar-refractivity contribution in [3.63, 3.8) is 0 Å². The lowest BCUT2D eigenvalue weighted by Crippen LogP contribution is -2.15. The predicted octanol–water partition coefficient (Wildman–Crippen LogP) is 2.55. The number of anilines is 2. The predicted molar refractivity (Wildman–Crippen MR) is 76.0 cm³/mol. The van der Waals surface area contributed by atoms with Crippen molar-refractivity contribution in [1.29, 1.82) is 0 Å². The smallest absolute Gasteiger partial charge is 0.204 e. The average Bonchev–Trinajstić information content (AvgIpc) is 2.72. The maximum absolute atomic E-state index is 13.6. The van der Waals surface area contributed by atoms with Crippen molar-refractivity contribution < 1.29 is 4.39 Å². The number of benzene rings is 1. The van der Waals surface area contributed by atoms with Crippen LogP contribution in [0.2, 0.25) is 0 Å². The van der Waals surface area contributed by atoms with E-state index >= 15 is 0 Å². The molecule has 0 saturated heterocycles. The first-order valence-corrected chi connectivity index (χ1v) is 6.17. The van der Waals surface area contributed by atoms with Gasteiger partial charge in [-0.05, 0) is 24.6 Å². The Bertz CT molecular complexity index is 575. The molecule has 4 nitrogen and oxygen atoms in total. The summed E-state index contributed by atoms with van der Waals surface area (Å²) in [5.41, 5.74) is 2.56.